The van der Waals surface area contributed by atoms with Gasteiger partial charge >= 0.3 is 92.2 Å². The van der Waals surface area contributed by atoms with E-state index in [1.807, 2.05) is 0 Å². The van der Waals surface area contributed by atoms with Gasteiger partial charge in [-0.2, -0.15) is 15.6 Å². The van der Waals surface area contributed by atoms with Gasteiger partial charge in [0.05, 0.1) is 0 Å². The van der Waals surface area contributed by atoms with E-state index in [-0.39, 0.29) is 115 Å². The molecule has 0 saturated carbocycles. The minimum absolute atomic E-state index is 0. The van der Waals surface area contributed by atoms with Gasteiger partial charge < -0.3 is 44.0 Å². The van der Waals surface area contributed by atoms with Crippen molar-refractivity contribution in [3.63, 3.8) is 0 Å². The van der Waals surface area contributed by atoms with Crippen molar-refractivity contribution in [3.05, 3.63) is 0 Å². The van der Waals surface area contributed by atoms with Gasteiger partial charge in [0.2, 0.25) is 0 Å². The van der Waals surface area contributed by atoms with Crippen molar-refractivity contribution >= 4 is 108 Å². The van der Waals surface area contributed by atoms with E-state index < -0.39 is 15.6 Å². The molecule has 0 fully saturated rings. The van der Waals surface area contributed by atoms with Crippen LogP contribution in [0.15, 0.2) is 0 Å². The van der Waals surface area contributed by atoms with Crippen LogP contribution in [0, 0.1) is 0 Å². The zero-order valence-corrected chi connectivity index (χ0v) is 16.4. The van der Waals surface area contributed by atoms with Gasteiger partial charge in [-0.05, 0) is 0 Å². The molecule has 0 atom stereocenters. The van der Waals surface area contributed by atoms with Crippen LogP contribution in [0.3, 0.4) is 0 Å². The molecule has 16 heavy (non-hydrogen) atoms. The van der Waals surface area contributed by atoms with E-state index in [1.54, 1.807) is 0 Å². The maximum absolute atomic E-state index is 8.55. The second-order valence-electron chi connectivity index (χ2n) is 0.894. The summed E-state index contributed by atoms with van der Waals surface area (Å²) in [4.78, 5) is 51.3. The average molecular weight is 358 g/mol. The molecule has 0 aliphatic carbocycles. The van der Waals surface area contributed by atoms with Crippen LogP contribution >= 0.6 is 15.6 Å². The fraction of sp³-hybridized carbons (Fsp3) is 0. The number of rotatable bonds is 0. The largest absolute Gasteiger partial charge is 2.00 e. The van der Waals surface area contributed by atoms with Crippen molar-refractivity contribution in [2.24, 2.45) is 0 Å². The van der Waals surface area contributed by atoms with Gasteiger partial charge in [0.15, 0.2) is 0 Å². The summed E-state index contributed by atoms with van der Waals surface area (Å²) in [7, 11) is -10.8. The topological polar surface area (TPSA) is 201 Å². The van der Waals surface area contributed by atoms with Crippen LogP contribution in [-0.2, 0) is 31.7 Å². The minimum atomic E-state index is -5.39. The zero-order chi connectivity index (χ0) is 9.00. The fourth-order valence-corrected chi connectivity index (χ4v) is 0. The molecular formula is Mg4MnO9P2. The monoisotopic (exact) mass is 357 g/mol. The minimum Gasteiger partial charge on any atom is -2.00 e. The van der Waals surface area contributed by atoms with Gasteiger partial charge in [-0.3, -0.25) is 0 Å². The van der Waals surface area contributed by atoms with Crippen molar-refractivity contribution in [2.75, 3.05) is 0 Å². The second kappa shape index (κ2) is 23.8. The predicted molar refractivity (Wildman–Crippen MR) is 38.9 cm³/mol. The molecule has 1 radical (unpaired) electrons. The van der Waals surface area contributed by atoms with E-state index in [1.165, 1.54) is 0 Å². The van der Waals surface area contributed by atoms with Crippen LogP contribution in [0.2, 0.25) is 0 Å². The summed E-state index contributed by atoms with van der Waals surface area (Å²) < 4.78 is 17.1. The quantitative estimate of drug-likeness (QED) is 0.300. The maximum Gasteiger partial charge on any atom is 2.00 e. The molecule has 0 saturated heterocycles. The summed E-state index contributed by atoms with van der Waals surface area (Å²) in [5.74, 6) is 0. The number of phosphoric acid groups is 2. The van der Waals surface area contributed by atoms with Crippen LogP contribution < -0.4 is 29.4 Å². The fourth-order valence-electron chi connectivity index (χ4n) is 0. The molecule has 0 heterocycles. The molecule has 0 aliphatic heterocycles. The van der Waals surface area contributed by atoms with Crippen molar-refractivity contribution < 1.29 is 61.0 Å². The summed E-state index contributed by atoms with van der Waals surface area (Å²) in [5.41, 5.74) is 0. The maximum atomic E-state index is 8.55. The molecule has 0 aromatic rings. The van der Waals surface area contributed by atoms with Crippen LogP contribution in [0.5, 0.6) is 0 Å². The van der Waals surface area contributed by atoms with E-state index in [9.17, 15) is 0 Å². The predicted octanol–water partition coefficient (Wildman–Crippen LogP) is -7.29. The number of hydrogen-bond donors (Lipinski definition) is 0. The molecular weight excluding hydrogens is 358 g/mol. The van der Waals surface area contributed by atoms with Gasteiger partial charge in [-0.1, -0.05) is 0 Å². The van der Waals surface area contributed by atoms with E-state index in [2.05, 4.69) is 0 Å². The zero-order valence-electron chi connectivity index (χ0n) is 7.78. The van der Waals surface area contributed by atoms with Gasteiger partial charge in [-0.15, -0.1) is 0 Å². The molecule has 0 amide bonds. The second-order valence-corrected chi connectivity index (χ2v) is 2.68. The molecule has 0 aliphatic rings. The Kier molecular flexibility index (Phi) is 74.9. The Hall–Kier alpha value is 3.76. The van der Waals surface area contributed by atoms with Crippen molar-refractivity contribution in [1.29, 1.82) is 0 Å². The third-order valence-corrected chi connectivity index (χ3v) is 0. The Bertz CT molecular complexity index is 138. The smallest absolute Gasteiger partial charge is 2.00 e. The molecule has 16 heteroatoms. The average Bonchev–Trinajstić information content (AvgIpc) is 1.12. The van der Waals surface area contributed by atoms with Gasteiger partial charge in [0.25, 0.3) is 0 Å². The summed E-state index contributed by atoms with van der Waals surface area (Å²) in [6, 6.07) is 0. The molecule has 0 unspecified atom stereocenters. The Balaban J connectivity index is -0.00000000970. The molecule has 0 rings (SSSR count). The first kappa shape index (κ1) is 50.3. The standard InChI is InChI=1S/4Mg.Mn.2H3O4P.O/c;;;;;2*1-5(2,3)4;/h;;;;;2*(H3,1,2,3,4);/q4*+2;;;;-2/p-6. The van der Waals surface area contributed by atoms with E-state index in [0.717, 1.165) is 0 Å². The van der Waals surface area contributed by atoms with Gasteiger partial charge in [-0.25, -0.2) is 0 Å². The molecule has 0 aromatic heterocycles. The number of hydrogen-bond acceptors (Lipinski definition) is 8. The van der Waals surface area contributed by atoms with Crippen LogP contribution in [0.25, 0.3) is 0 Å². The first-order valence-corrected chi connectivity index (χ1v) is 4.38. The first-order valence-electron chi connectivity index (χ1n) is 1.46. The Morgan fingerprint density at radius 3 is 0.562 bits per heavy atom. The van der Waals surface area contributed by atoms with Crippen molar-refractivity contribution in [1.82, 2.24) is 0 Å². The molecule has 0 bridgehead atoms. The summed E-state index contributed by atoms with van der Waals surface area (Å²) in [6.45, 7) is 0. The molecule has 0 spiro atoms. The Morgan fingerprint density at radius 1 is 0.562 bits per heavy atom. The SMILES string of the molecule is O=P([O-])([O-])[O-].O=P([O-])([O-])[O-].[Mg+2].[Mg+2].[Mg+2].[Mg+2].[Mn].[O-2]. The van der Waals surface area contributed by atoms with Gasteiger partial charge in [0, 0.05) is 17.1 Å². The molecule has 9 nitrogen and oxygen atoms in total. The third kappa shape index (κ3) is 352. The molecule has 0 N–H and O–H groups in total. The van der Waals surface area contributed by atoms with Gasteiger partial charge in [0.1, 0.15) is 0 Å². The van der Waals surface area contributed by atoms with Crippen LogP contribution in [-0.4, -0.2) is 92.2 Å². The first-order chi connectivity index (χ1) is 4.00. The Labute approximate surface area is 166 Å². The van der Waals surface area contributed by atoms with Crippen LogP contribution in [0.1, 0.15) is 0 Å². The Morgan fingerprint density at radius 2 is 0.562 bits per heavy atom. The van der Waals surface area contributed by atoms with Crippen molar-refractivity contribution in [2.45, 2.75) is 0 Å². The van der Waals surface area contributed by atoms with Crippen molar-refractivity contribution in [3.8, 4) is 0 Å². The summed E-state index contributed by atoms with van der Waals surface area (Å²) in [6.07, 6.45) is 0. The molecule has 0 aromatic carbocycles. The molecule has 79 valence electrons. The van der Waals surface area contributed by atoms with Crippen LogP contribution in [0.4, 0.5) is 0 Å². The van der Waals surface area contributed by atoms with E-state index in [0.29, 0.717) is 0 Å². The normalized spacial score (nSPS) is 7.38. The summed E-state index contributed by atoms with van der Waals surface area (Å²) in [5, 5.41) is 0. The summed E-state index contributed by atoms with van der Waals surface area (Å²) >= 11 is 0. The van der Waals surface area contributed by atoms with E-state index >= 15 is 0 Å². The third-order valence-electron chi connectivity index (χ3n) is 0. The van der Waals surface area contributed by atoms with E-state index in [4.69, 9.17) is 38.5 Å².